The van der Waals surface area contributed by atoms with Crippen LogP contribution in [0.25, 0.3) is 35.1 Å². The Bertz CT molecular complexity index is 944. The predicted molar refractivity (Wildman–Crippen MR) is 96.8 cm³/mol. The van der Waals surface area contributed by atoms with Crippen LogP contribution in [0.3, 0.4) is 0 Å². The van der Waals surface area contributed by atoms with E-state index >= 15 is 0 Å². The van der Waals surface area contributed by atoms with E-state index in [0.29, 0.717) is 0 Å². The molecule has 0 aliphatic rings. The zero-order chi connectivity index (χ0) is 15.6. The Kier molecular flexibility index (Phi) is 4.28. The van der Waals surface area contributed by atoms with Crippen LogP contribution in [-0.4, -0.2) is 0 Å². The standard InChI is InChI=1S/C21H22/c1-7-16(8-2)21-15(6)19-13-11-12-14(5)20(19)17(9-3)18(21)10-4/h7-13H,1-2,6H2,3-5H3/b17-9-,18-10-. The van der Waals surface area contributed by atoms with Crippen molar-refractivity contribution in [2.45, 2.75) is 20.8 Å². The summed E-state index contributed by atoms with van der Waals surface area (Å²) in [7, 11) is 0. The number of aryl methyl sites for hydroxylation is 1. The molecule has 0 amide bonds. The largest absolute Gasteiger partial charge is 0.0984 e. The highest BCUT2D eigenvalue weighted by Crippen LogP contribution is 2.09. The van der Waals surface area contributed by atoms with Crippen molar-refractivity contribution >= 4 is 35.1 Å². The molecule has 0 saturated heterocycles. The number of hydrogen-bond donors (Lipinski definition) is 0. The number of hydrogen-bond acceptors (Lipinski definition) is 0. The van der Waals surface area contributed by atoms with Gasteiger partial charge >= 0.3 is 0 Å². The minimum Gasteiger partial charge on any atom is -0.0984 e. The maximum absolute atomic E-state index is 4.34. The molecular formula is C21H22. The smallest absolute Gasteiger partial charge is 0.00362 e. The fourth-order valence-electron chi connectivity index (χ4n) is 3.06. The molecule has 2 aromatic carbocycles. The van der Waals surface area contributed by atoms with Crippen molar-refractivity contribution in [1.29, 1.82) is 0 Å². The lowest BCUT2D eigenvalue weighted by Gasteiger charge is -2.08. The number of fused-ring (bicyclic) bond motifs is 1. The normalized spacial score (nSPS) is 12.7. The first-order chi connectivity index (χ1) is 10.1. The van der Waals surface area contributed by atoms with Gasteiger partial charge in [-0.25, -0.2) is 0 Å². The van der Waals surface area contributed by atoms with E-state index in [2.05, 4.69) is 70.9 Å². The van der Waals surface area contributed by atoms with E-state index in [1.807, 2.05) is 12.2 Å². The third-order valence-corrected chi connectivity index (χ3v) is 4.03. The Hall–Kier alpha value is -2.34. The van der Waals surface area contributed by atoms with Crippen LogP contribution in [0.4, 0.5) is 0 Å². The van der Waals surface area contributed by atoms with Crippen molar-refractivity contribution in [3.8, 4) is 0 Å². The van der Waals surface area contributed by atoms with Crippen molar-refractivity contribution in [2.24, 2.45) is 0 Å². The summed E-state index contributed by atoms with van der Waals surface area (Å²) in [4.78, 5) is 0. The molecule has 0 fully saturated rings. The van der Waals surface area contributed by atoms with Crippen LogP contribution in [0.1, 0.15) is 19.4 Å². The Balaban J connectivity index is 3.48. The monoisotopic (exact) mass is 274 g/mol. The molecule has 0 bridgehead atoms. The van der Waals surface area contributed by atoms with Crippen LogP contribution in [-0.2, 0) is 0 Å². The Morgan fingerprint density at radius 3 is 2.14 bits per heavy atom. The number of benzene rings is 2. The molecule has 0 radical (unpaired) electrons. The molecule has 0 atom stereocenters. The van der Waals surface area contributed by atoms with Crippen LogP contribution in [0, 0.1) is 6.92 Å². The van der Waals surface area contributed by atoms with E-state index in [1.165, 1.54) is 26.8 Å². The Labute approximate surface area is 126 Å². The molecule has 106 valence electrons. The second kappa shape index (κ2) is 5.97. The average molecular weight is 274 g/mol. The average Bonchev–Trinajstić information content (AvgIpc) is 2.50. The van der Waals surface area contributed by atoms with Gasteiger partial charge in [-0.1, -0.05) is 62.2 Å². The van der Waals surface area contributed by atoms with Gasteiger partial charge in [-0.3, -0.25) is 0 Å². The molecule has 0 unspecified atom stereocenters. The van der Waals surface area contributed by atoms with Crippen molar-refractivity contribution in [3.63, 3.8) is 0 Å². The molecule has 0 heteroatoms. The first kappa shape index (κ1) is 15.1. The summed E-state index contributed by atoms with van der Waals surface area (Å²) >= 11 is 0. The zero-order valence-corrected chi connectivity index (χ0v) is 13.2. The molecule has 0 aromatic heterocycles. The molecule has 0 nitrogen and oxygen atoms in total. The van der Waals surface area contributed by atoms with E-state index in [4.69, 9.17) is 0 Å². The van der Waals surface area contributed by atoms with Crippen LogP contribution >= 0.6 is 0 Å². The van der Waals surface area contributed by atoms with Crippen molar-refractivity contribution < 1.29 is 0 Å². The Morgan fingerprint density at radius 1 is 1.00 bits per heavy atom. The van der Waals surface area contributed by atoms with E-state index in [1.54, 1.807) is 0 Å². The number of allylic oxidation sites excluding steroid dienone is 2. The van der Waals surface area contributed by atoms with E-state index in [-0.39, 0.29) is 0 Å². The van der Waals surface area contributed by atoms with Gasteiger partial charge in [-0.15, -0.1) is 0 Å². The first-order valence-corrected chi connectivity index (χ1v) is 7.22. The van der Waals surface area contributed by atoms with Gasteiger partial charge in [-0.05, 0) is 63.6 Å². The van der Waals surface area contributed by atoms with E-state index in [0.717, 1.165) is 16.0 Å². The predicted octanol–water partition coefficient (Wildman–Crippen LogP) is 2.68. The summed E-state index contributed by atoms with van der Waals surface area (Å²) in [6.45, 7) is 18.5. The molecule has 0 spiro atoms. The lowest BCUT2D eigenvalue weighted by atomic mass is 9.96. The fraction of sp³-hybridized carbons (Fsp3) is 0.143. The van der Waals surface area contributed by atoms with Gasteiger partial charge in [0.05, 0.1) is 0 Å². The first-order valence-electron chi connectivity index (χ1n) is 7.22. The quantitative estimate of drug-likeness (QED) is 0.790. The topological polar surface area (TPSA) is 0 Å². The summed E-state index contributed by atoms with van der Waals surface area (Å²) in [6.07, 6.45) is 8.03. The lowest BCUT2D eigenvalue weighted by Crippen LogP contribution is -2.49. The summed E-state index contributed by atoms with van der Waals surface area (Å²) in [5.74, 6) is 0. The SMILES string of the molecule is C=CC(C=C)=c1c(=C)c2cccc(C)c2c(=C\C)/c1=C/C. The molecule has 0 heterocycles. The molecule has 2 aromatic rings. The summed E-state index contributed by atoms with van der Waals surface area (Å²) < 4.78 is 0. The summed E-state index contributed by atoms with van der Waals surface area (Å²) in [6, 6.07) is 6.39. The van der Waals surface area contributed by atoms with Crippen LogP contribution < -0.4 is 20.9 Å². The second-order valence-electron chi connectivity index (χ2n) is 5.12. The van der Waals surface area contributed by atoms with Gasteiger partial charge < -0.3 is 0 Å². The van der Waals surface area contributed by atoms with Gasteiger partial charge in [0.15, 0.2) is 0 Å². The van der Waals surface area contributed by atoms with Gasteiger partial charge in [-0.2, -0.15) is 0 Å². The molecule has 0 N–H and O–H groups in total. The third kappa shape index (κ3) is 2.27. The second-order valence-corrected chi connectivity index (χ2v) is 5.12. The molecule has 2 rings (SSSR count). The molecule has 0 aliphatic heterocycles. The third-order valence-electron chi connectivity index (χ3n) is 4.03. The van der Waals surface area contributed by atoms with E-state index < -0.39 is 0 Å². The highest BCUT2D eigenvalue weighted by atomic mass is 14.1. The summed E-state index contributed by atoms with van der Waals surface area (Å²) in [5.41, 5.74) is 2.30. The zero-order valence-electron chi connectivity index (χ0n) is 13.2. The molecular weight excluding hydrogens is 252 g/mol. The maximum atomic E-state index is 4.34. The number of rotatable bonds is 2. The van der Waals surface area contributed by atoms with Crippen LogP contribution in [0.2, 0.25) is 0 Å². The molecule has 0 aliphatic carbocycles. The minimum atomic E-state index is 1.03. The van der Waals surface area contributed by atoms with Gasteiger partial charge in [0, 0.05) is 0 Å². The molecule has 0 saturated carbocycles. The van der Waals surface area contributed by atoms with Crippen molar-refractivity contribution in [3.05, 3.63) is 69.9 Å². The Morgan fingerprint density at radius 2 is 1.62 bits per heavy atom. The summed E-state index contributed by atoms with van der Waals surface area (Å²) in [5, 5.41) is 7.13. The van der Waals surface area contributed by atoms with Gasteiger partial charge in [0.2, 0.25) is 0 Å². The van der Waals surface area contributed by atoms with Crippen LogP contribution in [0.15, 0.2) is 43.5 Å². The molecule has 21 heavy (non-hydrogen) atoms. The lowest BCUT2D eigenvalue weighted by molar-refractivity contribution is 1.40. The van der Waals surface area contributed by atoms with Crippen molar-refractivity contribution in [1.82, 2.24) is 0 Å². The highest BCUT2D eigenvalue weighted by molar-refractivity contribution is 5.88. The van der Waals surface area contributed by atoms with Crippen molar-refractivity contribution in [2.75, 3.05) is 0 Å². The van der Waals surface area contributed by atoms with Gasteiger partial charge in [0.1, 0.15) is 0 Å². The van der Waals surface area contributed by atoms with E-state index in [9.17, 15) is 0 Å². The fourth-order valence-corrected chi connectivity index (χ4v) is 3.06. The maximum Gasteiger partial charge on any atom is -0.00362 e. The van der Waals surface area contributed by atoms with Crippen LogP contribution in [0.5, 0.6) is 0 Å². The van der Waals surface area contributed by atoms with Gasteiger partial charge in [0.25, 0.3) is 0 Å². The highest BCUT2D eigenvalue weighted by Gasteiger charge is 2.04. The minimum absolute atomic E-state index is 1.03.